The van der Waals surface area contributed by atoms with Gasteiger partial charge in [0.05, 0.1) is 0 Å². The molecule has 3 aromatic rings. The fourth-order valence-corrected chi connectivity index (χ4v) is 2.16. The van der Waals surface area contributed by atoms with Crippen molar-refractivity contribution in [3.8, 4) is 5.75 Å². The number of amides is 1. The monoisotopic (exact) mass is 320 g/mol. The van der Waals surface area contributed by atoms with E-state index >= 15 is 0 Å². The average Bonchev–Trinajstić information content (AvgIpc) is 2.62. The highest BCUT2D eigenvalue weighted by molar-refractivity contribution is 6.04. The van der Waals surface area contributed by atoms with Crippen molar-refractivity contribution in [2.75, 3.05) is 5.32 Å². The molecule has 0 unspecified atom stereocenters. The molecule has 0 radical (unpaired) electrons. The molecular weight excluding hydrogens is 304 g/mol. The third kappa shape index (κ3) is 4.10. The summed E-state index contributed by atoms with van der Waals surface area (Å²) < 4.78 is 5.69. The Labute approximate surface area is 138 Å². The predicted molar refractivity (Wildman–Crippen MR) is 92.2 cm³/mol. The molecule has 0 spiro atoms. The molecular formula is C19H16N2O3. The van der Waals surface area contributed by atoms with E-state index in [2.05, 4.69) is 10.3 Å². The van der Waals surface area contributed by atoms with E-state index in [4.69, 9.17) is 4.74 Å². The van der Waals surface area contributed by atoms with Crippen molar-refractivity contribution >= 4 is 11.6 Å². The number of pyridine rings is 1. The fraction of sp³-hybridized carbons (Fsp3) is 0.0526. The van der Waals surface area contributed by atoms with Crippen LogP contribution in [0.2, 0.25) is 0 Å². The number of anilines is 1. The molecule has 0 aliphatic carbocycles. The van der Waals surface area contributed by atoms with E-state index in [1.165, 1.54) is 12.3 Å². The predicted octanol–water partition coefficient (Wildman–Crippen LogP) is 3.21. The second-order valence-electron chi connectivity index (χ2n) is 5.19. The van der Waals surface area contributed by atoms with Gasteiger partial charge in [-0.05, 0) is 35.9 Å². The van der Waals surface area contributed by atoms with Gasteiger partial charge in [-0.1, -0.05) is 30.3 Å². The third-order valence-corrected chi connectivity index (χ3v) is 3.40. The zero-order valence-electron chi connectivity index (χ0n) is 12.9. The maximum Gasteiger partial charge on any atom is 0.255 e. The highest BCUT2D eigenvalue weighted by atomic mass is 16.5. The topological polar surface area (TPSA) is 71.2 Å². The number of rotatable bonds is 5. The third-order valence-electron chi connectivity index (χ3n) is 3.40. The number of hydrogen-bond acceptors (Lipinski definition) is 3. The highest BCUT2D eigenvalue weighted by Crippen LogP contribution is 2.17. The Morgan fingerprint density at radius 1 is 1.00 bits per heavy atom. The van der Waals surface area contributed by atoms with Gasteiger partial charge in [0.1, 0.15) is 12.4 Å². The van der Waals surface area contributed by atoms with Gasteiger partial charge in [-0.2, -0.15) is 0 Å². The van der Waals surface area contributed by atoms with Crippen molar-refractivity contribution in [3.05, 3.63) is 94.4 Å². The van der Waals surface area contributed by atoms with Crippen molar-refractivity contribution in [1.82, 2.24) is 4.98 Å². The minimum Gasteiger partial charge on any atom is -0.489 e. The van der Waals surface area contributed by atoms with E-state index in [1.807, 2.05) is 30.3 Å². The lowest BCUT2D eigenvalue weighted by Crippen LogP contribution is -2.15. The van der Waals surface area contributed by atoms with Crippen LogP contribution < -0.4 is 15.6 Å². The number of nitrogens with one attached hydrogen (secondary N) is 2. The largest absolute Gasteiger partial charge is 0.489 e. The first-order valence-corrected chi connectivity index (χ1v) is 7.47. The van der Waals surface area contributed by atoms with Crippen LogP contribution >= 0.6 is 0 Å². The van der Waals surface area contributed by atoms with Crippen LogP contribution in [0, 0.1) is 0 Å². The van der Waals surface area contributed by atoms with Crippen molar-refractivity contribution < 1.29 is 9.53 Å². The molecule has 0 fully saturated rings. The normalized spacial score (nSPS) is 10.2. The molecule has 1 amide bonds. The minimum absolute atomic E-state index is 0.308. The summed E-state index contributed by atoms with van der Waals surface area (Å²) in [6.07, 6.45) is 1.44. The van der Waals surface area contributed by atoms with Crippen LogP contribution in [0.1, 0.15) is 15.9 Å². The molecule has 2 aromatic carbocycles. The number of carbonyl (C=O) groups is 1. The lowest BCUT2D eigenvalue weighted by atomic mass is 10.2. The molecule has 1 aromatic heterocycles. The molecule has 0 aliphatic heterocycles. The summed E-state index contributed by atoms with van der Waals surface area (Å²) in [5.74, 6) is 0.382. The van der Waals surface area contributed by atoms with Crippen LogP contribution in [0.15, 0.2) is 77.7 Å². The first-order valence-electron chi connectivity index (χ1n) is 7.47. The molecule has 120 valence electrons. The molecule has 0 saturated heterocycles. The second-order valence-corrected chi connectivity index (χ2v) is 5.19. The summed E-state index contributed by atoms with van der Waals surface area (Å²) in [5.41, 5.74) is 1.71. The molecule has 24 heavy (non-hydrogen) atoms. The Morgan fingerprint density at radius 2 is 1.75 bits per heavy atom. The van der Waals surface area contributed by atoms with Crippen LogP contribution in [0.4, 0.5) is 5.69 Å². The molecule has 2 N–H and O–H groups in total. The van der Waals surface area contributed by atoms with Gasteiger partial charge in [-0.3, -0.25) is 9.59 Å². The molecule has 1 heterocycles. The number of H-pyrrole nitrogens is 1. The second kappa shape index (κ2) is 7.28. The number of carbonyl (C=O) groups excluding carboxylic acids is 1. The van der Waals surface area contributed by atoms with Crippen molar-refractivity contribution in [1.29, 1.82) is 0 Å². The standard InChI is InChI=1S/C19H16N2O3/c22-18-12-15(10-11-20-18)19(23)21-16-6-8-17(9-7-16)24-13-14-4-2-1-3-5-14/h1-12H,13H2,(H,20,22)(H,21,23). The fourth-order valence-electron chi connectivity index (χ4n) is 2.16. The first kappa shape index (κ1) is 15.6. The van der Waals surface area contributed by atoms with E-state index in [0.717, 1.165) is 5.56 Å². The summed E-state index contributed by atoms with van der Waals surface area (Å²) >= 11 is 0. The smallest absolute Gasteiger partial charge is 0.255 e. The van der Waals surface area contributed by atoms with Gasteiger partial charge in [-0.15, -0.1) is 0 Å². The summed E-state index contributed by atoms with van der Waals surface area (Å²) in [6.45, 7) is 0.485. The Kier molecular flexibility index (Phi) is 4.72. The number of benzene rings is 2. The van der Waals surface area contributed by atoms with Gasteiger partial charge in [0, 0.05) is 23.5 Å². The van der Waals surface area contributed by atoms with Gasteiger partial charge < -0.3 is 15.0 Å². The lowest BCUT2D eigenvalue weighted by Gasteiger charge is -2.08. The van der Waals surface area contributed by atoms with E-state index in [9.17, 15) is 9.59 Å². The number of aromatic amines is 1. The zero-order chi connectivity index (χ0) is 16.8. The minimum atomic E-state index is -0.334. The van der Waals surface area contributed by atoms with Gasteiger partial charge in [0.15, 0.2) is 0 Å². The van der Waals surface area contributed by atoms with E-state index in [1.54, 1.807) is 30.3 Å². The van der Waals surface area contributed by atoms with Crippen molar-refractivity contribution in [2.45, 2.75) is 6.61 Å². The SMILES string of the molecule is O=C(Nc1ccc(OCc2ccccc2)cc1)c1cc[nH]c(=O)c1. The Morgan fingerprint density at radius 3 is 2.46 bits per heavy atom. The Hall–Kier alpha value is -3.34. The molecule has 0 saturated carbocycles. The Balaban J connectivity index is 1.60. The molecule has 5 heteroatoms. The quantitative estimate of drug-likeness (QED) is 0.758. The van der Waals surface area contributed by atoms with Crippen molar-refractivity contribution in [3.63, 3.8) is 0 Å². The maximum atomic E-state index is 12.1. The maximum absolute atomic E-state index is 12.1. The number of hydrogen-bond donors (Lipinski definition) is 2. The molecule has 0 atom stereocenters. The molecule has 0 bridgehead atoms. The summed E-state index contributed by atoms with van der Waals surface area (Å²) in [5, 5.41) is 2.74. The van der Waals surface area contributed by atoms with Gasteiger partial charge in [0.25, 0.3) is 5.91 Å². The zero-order valence-corrected chi connectivity index (χ0v) is 12.9. The molecule has 5 nitrogen and oxygen atoms in total. The number of ether oxygens (including phenoxy) is 1. The lowest BCUT2D eigenvalue weighted by molar-refractivity contribution is 0.102. The summed E-state index contributed by atoms with van der Waals surface area (Å²) in [4.78, 5) is 25.8. The van der Waals surface area contributed by atoms with Crippen LogP contribution in [-0.2, 0) is 6.61 Å². The first-order chi connectivity index (χ1) is 11.7. The van der Waals surface area contributed by atoms with Crippen LogP contribution in [0.5, 0.6) is 5.75 Å². The molecule has 3 rings (SSSR count). The van der Waals surface area contributed by atoms with E-state index in [0.29, 0.717) is 23.6 Å². The van der Waals surface area contributed by atoms with Gasteiger partial charge >= 0.3 is 0 Å². The van der Waals surface area contributed by atoms with Crippen LogP contribution in [-0.4, -0.2) is 10.9 Å². The summed E-state index contributed by atoms with van der Waals surface area (Å²) in [7, 11) is 0. The van der Waals surface area contributed by atoms with Gasteiger partial charge in [0.2, 0.25) is 5.56 Å². The van der Waals surface area contributed by atoms with Crippen molar-refractivity contribution in [2.24, 2.45) is 0 Å². The van der Waals surface area contributed by atoms with Crippen LogP contribution in [0.25, 0.3) is 0 Å². The molecule has 0 aliphatic rings. The van der Waals surface area contributed by atoms with Gasteiger partial charge in [-0.25, -0.2) is 0 Å². The Bertz CT molecular complexity index is 871. The van der Waals surface area contributed by atoms with E-state index in [-0.39, 0.29) is 11.5 Å². The van der Waals surface area contributed by atoms with E-state index < -0.39 is 0 Å². The summed E-state index contributed by atoms with van der Waals surface area (Å²) in [6, 6.07) is 19.8. The highest BCUT2D eigenvalue weighted by Gasteiger charge is 2.06. The average molecular weight is 320 g/mol. The number of aromatic nitrogens is 1. The van der Waals surface area contributed by atoms with Crippen LogP contribution in [0.3, 0.4) is 0 Å².